The Bertz CT molecular complexity index is 2450. The summed E-state index contributed by atoms with van der Waals surface area (Å²) in [6.45, 7) is 0. The molecule has 0 radical (unpaired) electrons. The van der Waals surface area contributed by atoms with Crippen LogP contribution in [0.15, 0.2) is 116 Å². The Morgan fingerprint density at radius 1 is 0.575 bits per heavy atom. The lowest BCUT2D eigenvalue weighted by atomic mass is 10.1. The lowest BCUT2D eigenvalue weighted by molar-refractivity contribution is 1.05. The van der Waals surface area contributed by atoms with Gasteiger partial charge in [0.25, 0.3) is 0 Å². The van der Waals surface area contributed by atoms with Crippen LogP contribution in [0.2, 0.25) is 0 Å². The molecule has 9 aromatic rings. The van der Waals surface area contributed by atoms with Crippen molar-refractivity contribution in [1.82, 2.24) is 24.5 Å². The number of hydrogen-bond acceptors (Lipinski definition) is 5. The summed E-state index contributed by atoms with van der Waals surface area (Å²) in [6, 6.07) is 36.4. The van der Waals surface area contributed by atoms with Crippen molar-refractivity contribution in [3.8, 4) is 17.2 Å². The van der Waals surface area contributed by atoms with Crippen LogP contribution in [-0.2, 0) is 0 Å². The minimum absolute atomic E-state index is 0.576. The number of hydrogen-bond donors (Lipinski definition) is 0. The second kappa shape index (κ2) is 8.15. The normalized spacial score (nSPS) is 12.0. The molecule has 186 valence electrons. The Hall–Kier alpha value is -5.20. The van der Waals surface area contributed by atoms with Crippen molar-refractivity contribution in [2.24, 2.45) is 0 Å². The first-order chi connectivity index (χ1) is 19.8. The number of para-hydroxylation sites is 1. The van der Waals surface area contributed by atoms with Crippen molar-refractivity contribution in [1.29, 1.82) is 0 Å². The molecule has 0 amide bonds. The average molecular weight is 530 g/mol. The molecular formula is C34H19N5S. The van der Waals surface area contributed by atoms with Gasteiger partial charge in [-0.2, -0.15) is 0 Å². The minimum atomic E-state index is 0.576. The van der Waals surface area contributed by atoms with Crippen molar-refractivity contribution >= 4 is 75.3 Å². The van der Waals surface area contributed by atoms with Crippen LogP contribution < -0.4 is 0 Å². The highest BCUT2D eigenvalue weighted by Gasteiger charge is 2.20. The molecule has 0 bridgehead atoms. The summed E-state index contributed by atoms with van der Waals surface area (Å²) < 4.78 is 4.65. The van der Waals surface area contributed by atoms with Gasteiger partial charge in [-0.15, -0.1) is 11.3 Å². The van der Waals surface area contributed by atoms with Gasteiger partial charge in [-0.3, -0.25) is 4.57 Å². The molecule has 0 atom stereocenters. The van der Waals surface area contributed by atoms with E-state index in [0.29, 0.717) is 17.0 Å². The summed E-state index contributed by atoms with van der Waals surface area (Å²) in [5.41, 5.74) is 4.40. The largest absolute Gasteiger partial charge is 0.292 e. The fourth-order valence-corrected chi connectivity index (χ4v) is 7.14. The Labute approximate surface area is 232 Å². The molecule has 6 heteroatoms. The van der Waals surface area contributed by atoms with E-state index in [1.165, 1.54) is 41.7 Å². The van der Waals surface area contributed by atoms with E-state index in [4.69, 9.17) is 15.0 Å². The van der Waals surface area contributed by atoms with Crippen LogP contribution in [0.25, 0.3) is 81.1 Å². The summed E-state index contributed by atoms with van der Waals surface area (Å²) >= 11 is 1.78. The number of benzene rings is 5. The average Bonchev–Trinajstić information content (AvgIpc) is 3.55. The van der Waals surface area contributed by atoms with Crippen molar-refractivity contribution in [2.75, 3.05) is 0 Å². The van der Waals surface area contributed by atoms with Crippen molar-refractivity contribution in [3.05, 3.63) is 116 Å². The van der Waals surface area contributed by atoms with Crippen LogP contribution in [0.4, 0.5) is 0 Å². The zero-order valence-corrected chi connectivity index (χ0v) is 21.9. The summed E-state index contributed by atoms with van der Waals surface area (Å²) in [5.74, 6) is 1.37. The Morgan fingerprint density at radius 3 is 2.25 bits per heavy atom. The molecule has 0 N–H and O–H groups in total. The minimum Gasteiger partial charge on any atom is -0.292 e. The maximum absolute atomic E-state index is 5.27. The lowest BCUT2D eigenvalue weighted by Gasteiger charge is -2.12. The van der Waals surface area contributed by atoms with Gasteiger partial charge in [0.2, 0.25) is 0 Å². The highest BCUT2D eigenvalue weighted by atomic mass is 32.1. The van der Waals surface area contributed by atoms with Gasteiger partial charge in [-0.25, -0.2) is 19.9 Å². The first-order valence-corrected chi connectivity index (χ1v) is 14.0. The SMILES string of the molecule is c1ccc2cc3c(cc2c1)c1ccccc1n3-c1nc(-c2cccc3c2sc2ccccc23)nc2nccnc12. The third kappa shape index (κ3) is 3.02. The third-order valence-electron chi connectivity index (χ3n) is 7.71. The van der Waals surface area contributed by atoms with Gasteiger partial charge < -0.3 is 0 Å². The van der Waals surface area contributed by atoms with E-state index >= 15 is 0 Å². The molecule has 0 spiro atoms. The molecular weight excluding hydrogens is 510 g/mol. The molecule has 4 aromatic heterocycles. The predicted molar refractivity (Wildman–Crippen MR) is 165 cm³/mol. The van der Waals surface area contributed by atoms with E-state index < -0.39 is 0 Å². The van der Waals surface area contributed by atoms with E-state index in [1.54, 1.807) is 23.7 Å². The van der Waals surface area contributed by atoms with Crippen molar-refractivity contribution in [3.63, 3.8) is 0 Å². The Balaban J connectivity index is 1.42. The zero-order valence-electron chi connectivity index (χ0n) is 21.1. The monoisotopic (exact) mass is 529 g/mol. The Morgan fingerprint density at radius 2 is 1.32 bits per heavy atom. The molecule has 5 nitrogen and oxygen atoms in total. The second-order valence-corrected chi connectivity index (χ2v) is 11.0. The van der Waals surface area contributed by atoms with Gasteiger partial charge in [0.15, 0.2) is 22.8 Å². The molecule has 0 aliphatic rings. The molecule has 0 saturated heterocycles. The lowest BCUT2D eigenvalue weighted by Crippen LogP contribution is -2.04. The summed E-state index contributed by atoms with van der Waals surface area (Å²) in [4.78, 5) is 19.6. The van der Waals surface area contributed by atoms with Crippen molar-refractivity contribution < 1.29 is 0 Å². The third-order valence-corrected chi connectivity index (χ3v) is 8.93. The summed E-state index contributed by atoms with van der Waals surface area (Å²) in [6.07, 6.45) is 3.41. The van der Waals surface area contributed by atoms with E-state index in [2.05, 4.69) is 113 Å². The fourth-order valence-electron chi connectivity index (χ4n) is 5.93. The van der Waals surface area contributed by atoms with E-state index in [-0.39, 0.29) is 0 Å². The fraction of sp³-hybridized carbons (Fsp3) is 0. The summed E-state index contributed by atoms with van der Waals surface area (Å²) in [5, 5.41) is 7.21. The highest BCUT2D eigenvalue weighted by Crippen LogP contribution is 2.40. The molecule has 0 unspecified atom stereocenters. The number of aromatic nitrogens is 5. The molecule has 9 rings (SSSR count). The quantitative estimate of drug-likeness (QED) is 0.225. The molecule has 40 heavy (non-hydrogen) atoms. The van der Waals surface area contributed by atoms with Gasteiger partial charge in [-0.1, -0.05) is 72.8 Å². The molecule has 5 aromatic carbocycles. The van der Waals surface area contributed by atoms with Crippen LogP contribution >= 0.6 is 11.3 Å². The first-order valence-electron chi connectivity index (χ1n) is 13.2. The van der Waals surface area contributed by atoms with E-state index in [9.17, 15) is 0 Å². The predicted octanol–water partition coefficient (Wildman–Crippen LogP) is 8.71. The van der Waals surface area contributed by atoms with Crippen LogP contribution in [-0.4, -0.2) is 24.5 Å². The van der Waals surface area contributed by atoms with Crippen LogP contribution in [0.3, 0.4) is 0 Å². The number of thiophene rings is 1. The van der Waals surface area contributed by atoms with Gasteiger partial charge in [0, 0.05) is 48.9 Å². The highest BCUT2D eigenvalue weighted by molar-refractivity contribution is 7.26. The number of nitrogens with zero attached hydrogens (tertiary/aromatic N) is 5. The van der Waals surface area contributed by atoms with E-state index in [1.807, 2.05) is 0 Å². The molecule has 0 aliphatic carbocycles. The van der Waals surface area contributed by atoms with Crippen LogP contribution in [0.1, 0.15) is 0 Å². The molecule has 0 fully saturated rings. The second-order valence-electron chi connectivity index (χ2n) is 9.95. The first kappa shape index (κ1) is 21.7. The number of rotatable bonds is 2. The molecule has 0 saturated carbocycles. The van der Waals surface area contributed by atoms with Gasteiger partial charge in [0.1, 0.15) is 0 Å². The van der Waals surface area contributed by atoms with Crippen LogP contribution in [0.5, 0.6) is 0 Å². The smallest absolute Gasteiger partial charge is 0.184 e. The molecule has 0 aliphatic heterocycles. The topological polar surface area (TPSA) is 56.5 Å². The molecule has 4 heterocycles. The number of fused-ring (bicyclic) bond motifs is 8. The maximum atomic E-state index is 5.27. The van der Waals surface area contributed by atoms with E-state index in [0.717, 1.165) is 22.4 Å². The van der Waals surface area contributed by atoms with Crippen LogP contribution in [0, 0.1) is 0 Å². The van der Waals surface area contributed by atoms with Gasteiger partial charge >= 0.3 is 0 Å². The van der Waals surface area contributed by atoms with Gasteiger partial charge in [0.05, 0.1) is 11.0 Å². The van der Waals surface area contributed by atoms with Crippen molar-refractivity contribution in [2.45, 2.75) is 0 Å². The summed E-state index contributed by atoms with van der Waals surface area (Å²) in [7, 11) is 0. The maximum Gasteiger partial charge on any atom is 0.184 e. The Kier molecular flexibility index (Phi) is 4.42. The standard InChI is InChI=1S/C34H19N5S/c1-2-9-21-19-28-26(18-20(21)8-1)22-10-3-5-14-27(22)39(28)34-30-33(36-17-16-35-30)37-32(38-34)25-13-7-12-24-23-11-4-6-15-29(23)40-31(24)25/h1-19H. The zero-order chi connectivity index (χ0) is 26.2. The van der Waals surface area contributed by atoms with Gasteiger partial charge in [-0.05, 0) is 41.1 Å².